The molecule has 0 bridgehead atoms. The average Bonchev–Trinajstić information content (AvgIpc) is 3.40. The van der Waals surface area contributed by atoms with Crippen LogP contribution in [0.2, 0.25) is 0 Å². The van der Waals surface area contributed by atoms with E-state index in [1.54, 1.807) is 0 Å². The Morgan fingerprint density at radius 1 is 0.327 bits per heavy atom. The highest BCUT2D eigenvalue weighted by atomic mass is 31.2. The molecule has 0 unspecified atom stereocenters. The monoisotopic (exact) mass is 710 g/mol. The van der Waals surface area contributed by atoms with Crippen molar-refractivity contribution in [1.29, 1.82) is 0 Å². The average molecular weight is 711 g/mol. The predicted molar refractivity (Wildman–Crippen MR) is 223 cm³/mol. The lowest BCUT2D eigenvalue weighted by Gasteiger charge is -2.20. The van der Waals surface area contributed by atoms with Crippen molar-refractivity contribution in [2.45, 2.75) is 37.5 Å². The van der Waals surface area contributed by atoms with E-state index in [-0.39, 0.29) is 0 Å². The summed E-state index contributed by atoms with van der Waals surface area (Å²) >= 11 is 0. The summed E-state index contributed by atoms with van der Waals surface area (Å²) < 4.78 is 30.3. The van der Waals surface area contributed by atoms with Crippen LogP contribution < -0.4 is 0 Å². The normalized spacial score (nSPS) is 15.8. The Bertz CT molecular complexity index is 2460. The Kier molecular flexibility index (Phi) is 7.65. The molecule has 2 aliphatic heterocycles. The number of unbranched alkanes of at least 4 members (excludes halogenated alkanes) is 1. The number of fused-ring (bicyclic) bond motifs is 14. The fourth-order valence-electron chi connectivity index (χ4n) is 9.44. The van der Waals surface area contributed by atoms with E-state index in [4.69, 9.17) is 0 Å². The van der Waals surface area contributed by atoms with Crippen molar-refractivity contribution in [3.05, 3.63) is 168 Å². The summed E-state index contributed by atoms with van der Waals surface area (Å²) in [5.74, 6) is 0. The van der Waals surface area contributed by atoms with Gasteiger partial charge in [0.1, 0.15) is 0 Å². The maximum Gasteiger partial charge on any atom is 0.0961 e. The molecule has 2 heterocycles. The molecule has 0 N–H and O–H groups in total. The molecule has 254 valence electrons. The molecule has 2 aliphatic rings. The summed E-state index contributed by atoms with van der Waals surface area (Å²) in [6.45, 7) is 0. The molecule has 0 saturated heterocycles. The number of rotatable bonds is 5. The van der Waals surface area contributed by atoms with Gasteiger partial charge in [-0.3, -0.25) is 0 Å². The van der Waals surface area contributed by atoms with Crippen LogP contribution in [0.1, 0.15) is 35.1 Å². The molecule has 10 rings (SSSR count). The third-order valence-corrected chi connectivity index (χ3v) is 17.7. The Balaban J connectivity index is 0.975. The molecular weight excluding hydrogens is 670 g/mol. The minimum atomic E-state index is -2.63. The Labute approximate surface area is 305 Å². The van der Waals surface area contributed by atoms with E-state index in [1.165, 1.54) is 87.6 Å². The highest BCUT2D eigenvalue weighted by Crippen LogP contribution is 2.61. The van der Waals surface area contributed by atoms with Gasteiger partial charge in [0.05, 0.1) is 14.3 Å². The van der Waals surface area contributed by atoms with Crippen molar-refractivity contribution >= 4 is 57.4 Å². The van der Waals surface area contributed by atoms with E-state index in [2.05, 4.69) is 146 Å². The Morgan fingerprint density at radius 3 is 0.846 bits per heavy atom. The van der Waals surface area contributed by atoms with E-state index >= 15 is 9.13 Å². The fraction of sp³-hybridized carbons (Fsp3) is 0.167. The predicted octanol–water partition coefficient (Wildman–Crippen LogP) is 13.9. The molecule has 4 heteroatoms. The van der Waals surface area contributed by atoms with E-state index in [0.29, 0.717) is 37.0 Å². The summed E-state index contributed by atoms with van der Waals surface area (Å²) in [6, 6.07) is 52.2. The van der Waals surface area contributed by atoms with Crippen molar-refractivity contribution < 1.29 is 9.13 Å². The zero-order chi connectivity index (χ0) is 34.9. The van der Waals surface area contributed by atoms with Gasteiger partial charge in [0.2, 0.25) is 0 Å². The molecule has 8 aromatic rings. The molecular formula is C48H40O2P2. The minimum absolute atomic E-state index is 0.606. The van der Waals surface area contributed by atoms with Crippen LogP contribution in [0.25, 0.3) is 65.3 Å². The van der Waals surface area contributed by atoms with Gasteiger partial charge in [0, 0.05) is 37.0 Å². The second-order valence-corrected chi connectivity index (χ2v) is 21.6. The topological polar surface area (TPSA) is 34.1 Å². The lowest BCUT2D eigenvalue weighted by atomic mass is 9.88. The highest BCUT2D eigenvalue weighted by molar-refractivity contribution is 7.62. The van der Waals surface area contributed by atoms with Gasteiger partial charge in [-0.15, -0.1) is 0 Å². The fourth-order valence-corrected chi connectivity index (χ4v) is 15.4. The van der Waals surface area contributed by atoms with Gasteiger partial charge < -0.3 is 9.13 Å². The smallest absolute Gasteiger partial charge is 0.0961 e. The quantitative estimate of drug-likeness (QED) is 0.132. The van der Waals surface area contributed by atoms with Crippen LogP contribution in [0.5, 0.6) is 0 Å². The highest BCUT2D eigenvalue weighted by Gasteiger charge is 2.34. The van der Waals surface area contributed by atoms with Crippen LogP contribution >= 0.6 is 14.3 Å². The molecule has 2 nitrogen and oxygen atoms in total. The van der Waals surface area contributed by atoms with Crippen molar-refractivity contribution in [3.8, 4) is 22.3 Å². The molecule has 0 radical (unpaired) electrons. The third kappa shape index (κ3) is 5.39. The minimum Gasteiger partial charge on any atom is -0.323 e. The maximum absolute atomic E-state index is 15.1. The molecule has 0 spiro atoms. The summed E-state index contributed by atoms with van der Waals surface area (Å²) in [5, 5.41) is 9.81. The second-order valence-electron chi connectivity index (χ2n) is 15.2. The third-order valence-electron chi connectivity index (χ3n) is 11.8. The maximum atomic E-state index is 15.1. The lowest BCUT2D eigenvalue weighted by molar-refractivity contribution is 0.566. The summed E-state index contributed by atoms with van der Waals surface area (Å²) in [7, 11) is -5.26. The van der Waals surface area contributed by atoms with E-state index in [9.17, 15) is 0 Å². The van der Waals surface area contributed by atoms with Gasteiger partial charge in [-0.1, -0.05) is 146 Å². The van der Waals surface area contributed by atoms with Gasteiger partial charge in [-0.05, 0) is 100 Å². The van der Waals surface area contributed by atoms with Gasteiger partial charge >= 0.3 is 0 Å². The first kappa shape index (κ1) is 32.0. The van der Waals surface area contributed by atoms with Gasteiger partial charge in [-0.25, -0.2) is 0 Å². The number of benzene rings is 8. The van der Waals surface area contributed by atoms with Crippen LogP contribution in [-0.4, -0.2) is 12.3 Å². The molecule has 0 atom stereocenters. The summed E-state index contributed by atoms with van der Waals surface area (Å²) in [6.07, 6.45) is 5.42. The largest absolute Gasteiger partial charge is 0.323 e. The zero-order valence-corrected chi connectivity index (χ0v) is 31.0. The van der Waals surface area contributed by atoms with Crippen LogP contribution in [0, 0.1) is 0 Å². The number of hydrogen-bond acceptors (Lipinski definition) is 2. The van der Waals surface area contributed by atoms with Gasteiger partial charge in [0.15, 0.2) is 0 Å². The molecule has 0 aliphatic carbocycles. The second kappa shape index (κ2) is 12.4. The van der Waals surface area contributed by atoms with Crippen molar-refractivity contribution in [3.63, 3.8) is 0 Å². The van der Waals surface area contributed by atoms with Crippen molar-refractivity contribution in [2.24, 2.45) is 0 Å². The van der Waals surface area contributed by atoms with E-state index < -0.39 is 14.3 Å². The van der Waals surface area contributed by atoms with Crippen molar-refractivity contribution in [1.82, 2.24) is 0 Å². The summed E-state index contributed by atoms with van der Waals surface area (Å²) in [4.78, 5) is 0. The SMILES string of the molecule is O=P1(CCCCP2(=O)Cc3ccc4ccccc4c3-c3c(ccc4ccccc34)C2)Cc2ccc3ccccc3c2-c2c(ccc3ccccc23)C1. The number of hydrogen-bond donors (Lipinski definition) is 0. The van der Waals surface area contributed by atoms with Crippen LogP contribution in [-0.2, 0) is 33.8 Å². The molecule has 0 amide bonds. The first-order valence-corrected chi connectivity index (χ1v) is 23.2. The van der Waals surface area contributed by atoms with Crippen LogP contribution in [0.4, 0.5) is 0 Å². The molecule has 0 saturated carbocycles. The van der Waals surface area contributed by atoms with Gasteiger partial charge in [0.25, 0.3) is 0 Å². The first-order valence-electron chi connectivity index (χ1n) is 18.6. The summed E-state index contributed by atoms with van der Waals surface area (Å²) in [5.41, 5.74) is 9.79. The Hall–Kier alpha value is -4.74. The van der Waals surface area contributed by atoms with Crippen LogP contribution in [0.15, 0.2) is 146 Å². The van der Waals surface area contributed by atoms with Crippen molar-refractivity contribution in [2.75, 3.05) is 12.3 Å². The zero-order valence-electron chi connectivity index (χ0n) is 29.2. The molecule has 8 aromatic carbocycles. The van der Waals surface area contributed by atoms with E-state index in [0.717, 1.165) is 12.8 Å². The first-order chi connectivity index (χ1) is 25.5. The molecule has 0 aromatic heterocycles. The lowest BCUT2D eigenvalue weighted by Crippen LogP contribution is -2.01. The van der Waals surface area contributed by atoms with Gasteiger partial charge in [-0.2, -0.15) is 0 Å². The molecule has 0 fully saturated rings. The van der Waals surface area contributed by atoms with Crippen LogP contribution in [0.3, 0.4) is 0 Å². The molecule has 52 heavy (non-hydrogen) atoms. The standard InChI is InChI=1S/C48H40O2P2/c49-51(29-37-23-19-33-11-1-5-15-41(33)45(37)46-38(30-51)24-20-34-12-2-6-16-42(34)46)27-9-10-28-52(50)31-39-25-21-35-13-3-7-17-43(35)47(39)48-40(32-52)26-22-36-14-4-8-18-44(36)48/h1-8,11-26H,9-10,27-32H2. The van der Waals surface area contributed by atoms with E-state index in [1.807, 2.05) is 0 Å². The Morgan fingerprint density at radius 2 is 0.577 bits per heavy atom.